The molecular weight excluding hydrogens is 234 g/mol. The van der Waals surface area contributed by atoms with Crippen LogP contribution in [0.3, 0.4) is 0 Å². The number of methoxy groups -OCH3 is 1. The standard InChI is InChI=1S/C13H13NO4/c1-17-13-8-7-12(18-13)11(9-14(15)16)10-5-3-2-4-6-10/h2-8,11H,9H2,1H3/t11-/m1/s1. The van der Waals surface area contributed by atoms with E-state index in [0.29, 0.717) is 11.7 Å². The summed E-state index contributed by atoms with van der Waals surface area (Å²) in [4.78, 5) is 10.4. The Kier molecular flexibility index (Phi) is 3.62. The van der Waals surface area contributed by atoms with E-state index >= 15 is 0 Å². The minimum atomic E-state index is -0.398. The number of hydrogen-bond donors (Lipinski definition) is 0. The van der Waals surface area contributed by atoms with Crippen molar-refractivity contribution in [2.45, 2.75) is 5.92 Å². The minimum absolute atomic E-state index is 0.208. The van der Waals surface area contributed by atoms with Crippen molar-refractivity contribution in [3.8, 4) is 5.95 Å². The Hall–Kier alpha value is -2.30. The first-order chi connectivity index (χ1) is 8.70. The molecule has 2 rings (SSSR count). The lowest BCUT2D eigenvalue weighted by atomic mass is 9.97. The SMILES string of the molecule is COc1ccc([C@H](C[N+](=O)[O-])c2ccccc2)o1. The van der Waals surface area contributed by atoms with Crippen LogP contribution in [0.1, 0.15) is 17.2 Å². The molecule has 5 heteroatoms. The summed E-state index contributed by atoms with van der Waals surface area (Å²) in [6.07, 6.45) is 0. The van der Waals surface area contributed by atoms with Crippen molar-refractivity contribution < 1.29 is 14.1 Å². The van der Waals surface area contributed by atoms with Crippen LogP contribution in [0.5, 0.6) is 5.95 Å². The van der Waals surface area contributed by atoms with E-state index < -0.39 is 5.92 Å². The molecular formula is C13H13NO4. The molecule has 0 aliphatic rings. The second-order valence-electron chi connectivity index (χ2n) is 3.84. The first-order valence-corrected chi connectivity index (χ1v) is 5.51. The van der Waals surface area contributed by atoms with Crippen LogP contribution in [0.15, 0.2) is 46.9 Å². The Bertz CT molecular complexity index is 521. The Morgan fingerprint density at radius 2 is 2.00 bits per heavy atom. The van der Waals surface area contributed by atoms with Gasteiger partial charge in [0.05, 0.1) is 7.11 Å². The molecule has 0 saturated carbocycles. The second kappa shape index (κ2) is 5.35. The molecule has 0 N–H and O–H groups in total. The Labute approximate surface area is 104 Å². The van der Waals surface area contributed by atoms with Crippen molar-refractivity contribution >= 4 is 0 Å². The van der Waals surface area contributed by atoms with Gasteiger partial charge in [-0.05, 0) is 11.6 Å². The third-order valence-corrected chi connectivity index (χ3v) is 2.68. The van der Waals surface area contributed by atoms with Crippen molar-refractivity contribution in [2.24, 2.45) is 0 Å². The summed E-state index contributed by atoms with van der Waals surface area (Å²) in [5.41, 5.74) is 0.853. The molecule has 94 valence electrons. The Morgan fingerprint density at radius 3 is 2.56 bits per heavy atom. The number of nitrogens with zero attached hydrogens (tertiary/aromatic N) is 1. The molecule has 18 heavy (non-hydrogen) atoms. The molecule has 5 nitrogen and oxygen atoms in total. The lowest BCUT2D eigenvalue weighted by Gasteiger charge is -2.10. The predicted octanol–water partition coefficient (Wildman–Crippen LogP) is 2.70. The molecule has 0 aliphatic carbocycles. The monoisotopic (exact) mass is 247 g/mol. The summed E-state index contributed by atoms with van der Waals surface area (Å²) < 4.78 is 10.4. The zero-order valence-electron chi connectivity index (χ0n) is 9.91. The molecule has 0 unspecified atom stereocenters. The van der Waals surface area contributed by atoms with Crippen LogP contribution < -0.4 is 4.74 Å². The third kappa shape index (κ3) is 2.68. The summed E-state index contributed by atoms with van der Waals surface area (Å²) >= 11 is 0. The summed E-state index contributed by atoms with van der Waals surface area (Å²) in [6.45, 7) is -0.208. The first kappa shape index (κ1) is 12.2. The van der Waals surface area contributed by atoms with Crippen LogP contribution in [0.4, 0.5) is 0 Å². The van der Waals surface area contributed by atoms with Gasteiger partial charge in [0.15, 0.2) is 0 Å². The topological polar surface area (TPSA) is 65.5 Å². The maximum atomic E-state index is 10.8. The fraction of sp³-hybridized carbons (Fsp3) is 0.231. The first-order valence-electron chi connectivity index (χ1n) is 5.51. The highest BCUT2D eigenvalue weighted by molar-refractivity contribution is 5.28. The van der Waals surface area contributed by atoms with Gasteiger partial charge in [-0.1, -0.05) is 30.3 Å². The number of benzene rings is 1. The van der Waals surface area contributed by atoms with Crippen molar-refractivity contribution in [2.75, 3.05) is 13.7 Å². The van der Waals surface area contributed by atoms with Crippen LogP contribution >= 0.6 is 0 Å². The average molecular weight is 247 g/mol. The molecule has 1 aromatic heterocycles. The Morgan fingerprint density at radius 1 is 1.28 bits per heavy atom. The number of nitro groups is 1. The lowest BCUT2D eigenvalue weighted by Crippen LogP contribution is -2.13. The number of hydrogen-bond acceptors (Lipinski definition) is 4. The highest BCUT2D eigenvalue weighted by Crippen LogP contribution is 2.28. The van der Waals surface area contributed by atoms with Crippen molar-refractivity contribution in [3.63, 3.8) is 0 Å². The van der Waals surface area contributed by atoms with Gasteiger partial charge < -0.3 is 9.15 Å². The van der Waals surface area contributed by atoms with E-state index in [-0.39, 0.29) is 11.5 Å². The van der Waals surface area contributed by atoms with Gasteiger partial charge in [0.1, 0.15) is 11.7 Å². The van der Waals surface area contributed by atoms with E-state index in [1.54, 1.807) is 12.1 Å². The summed E-state index contributed by atoms with van der Waals surface area (Å²) in [5.74, 6) is 0.495. The largest absolute Gasteiger partial charge is 0.468 e. The van der Waals surface area contributed by atoms with Gasteiger partial charge in [0.2, 0.25) is 6.54 Å². The smallest absolute Gasteiger partial charge is 0.284 e. The van der Waals surface area contributed by atoms with Crippen LogP contribution in [-0.2, 0) is 0 Å². The van der Waals surface area contributed by atoms with Gasteiger partial charge in [-0.2, -0.15) is 0 Å². The quantitative estimate of drug-likeness (QED) is 0.601. The van der Waals surface area contributed by atoms with E-state index in [9.17, 15) is 10.1 Å². The average Bonchev–Trinajstić information content (AvgIpc) is 2.85. The number of ether oxygens (including phenoxy) is 1. The molecule has 1 heterocycles. The van der Waals surface area contributed by atoms with E-state index in [2.05, 4.69) is 0 Å². The maximum Gasteiger partial charge on any atom is 0.284 e. The molecule has 2 aromatic rings. The molecule has 0 saturated heterocycles. The molecule has 1 atom stereocenters. The second-order valence-corrected chi connectivity index (χ2v) is 3.84. The van der Waals surface area contributed by atoms with E-state index in [4.69, 9.17) is 9.15 Å². The van der Waals surface area contributed by atoms with Crippen LogP contribution in [0.25, 0.3) is 0 Å². The maximum absolute atomic E-state index is 10.8. The molecule has 0 spiro atoms. The van der Waals surface area contributed by atoms with Crippen molar-refractivity contribution in [1.29, 1.82) is 0 Å². The summed E-state index contributed by atoms with van der Waals surface area (Å²) in [7, 11) is 1.49. The van der Waals surface area contributed by atoms with Gasteiger partial charge in [-0.15, -0.1) is 0 Å². The molecule has 0 bridgehead atoms. The summed E-state index contributed by atoms with van der Waals surface area (Å²) in [6, 6.07) is 12.6. The molecule has 0 aliphatic heterocycles. The predicted molar refractivity (Wildman–Crippen MR) is 65.4 cm³/mol. The van der Waals surface area contributed by atoms with E-state index in [0.717, 1.165) is 5.56 Å². The van der Waals surface area contributed by atoms with Crippen LogP contribution in [0, 0.1) is 10.1 Å². The fourth-order valence-electron chi connectivity index (χ4n) is 1.83. The van der Waals surface area contributed by atoms with Crippen molar-refractivity contribution in [1.82, 2.24) is 0 Å². The van der Waals surface area contributed by atoms with Gasteiger partial charge in [0.25, 0.3) is 5.95 Å². The molecule has 0 amide bonds. The highest BCUT2D eigenvalue weighted by atomic mass is 16.6. The molecule has 0 radical (unpaired) electrons. The zero-order valence-corrected chi connectivity index (χ0v) is 9.91. The van der Waals surface area contributed by atoms with Gasteiger partial charge in [-0.3, -0.25) is 10.1 Å². The van der Waals surface area contributed by atoms with E-state index in [1.165, 1.54) is 7.11 Å². The third-order valence-electron chi connectivity index (χ3n) is 2.68. The van der Waals surface area contributed by atoms with Crippen LogP contribution in [-0.4, -0.2) is 18.6 Å². The van der Waals surface area contributed by atoms with E-state index in [1.807, 2.05) is 30.3 Å². The lowest BCUT2D eigenvalue weighted by molar-refractivity contribution is -0.482. The molecule has 0 fully saturated rings. The zero-order chi connectivity index (χ0) is 13.0. The normalized spacial score (nSPS) is 12.1. The Balaban J connectivity index is 2.33. The fourth-order valence-corrected chi connectivity index (χ4v) is 1.83. The van der Waals surface area contributed by atoms with Gasteiger partial charge >= 0.3 is 0 Å². The molecule has 1 aromatic carbocycles. The van der Waals surface area contributed by atoms with Gasteiger partial charge in [0, 0.05) is 11.0 Å². The minimum Gasteiger partial charge on any atom is -0.468 e. The van der Waals surface area contributed by atoms with Gasteiger partial charge in [-0.25, -0.2) is 0 Å². The summed E-state index contributed by atoms with van der Waals surface area (Å²) in [5, 5.41) is 10.8. The number of rotatable bonds is 5. The van der Waals surface area contributed by atoms with Crippen molar-refractivity contribution in [3.05, 3.63) is 63.9 Å². The highest BCUT2D eigenvalue weighted by Gasteiger charge is 2.23. The number of furan rings is 1. The van der Waals surface area contributed by atoms with Crippen LogP contribution in [0.2, 0.25) is 0 Å².